The SMILES string of the molecule is CC(C)/C=C/[C@@H](CC1CC(O)C[C@@](O)(C[C@@H](O)C(C)C)O1)OC1OC(C)C(O)C(N)C1O.NC(=O)NCCC(=O)O. The van der Waals surface area contributed by atoms with Crippen molar-refractivity contribution in [1.82, 2.24) is 5.32 Å². The number of aliphatic carboxylic acids is 1. The highest BCUT2D eigenvalue weighted by molar-refractivity contribution is 5.73. The van der Waals surface area contributed by atoms with Crippen molar-refractivity contribution in [3.8, 4) is 0 Å². The van der Waals surface area contributed by atoms with Crippen LogP contribution in [0.1, 0.15) is 66.7 Å². The maximum Gasteiger partial charge on any atom is 0.312 e. The van der Waals surface area contributed by atoms with E-state index < -0.39 is 72.8 Å². The van der Waals surface area contributed by atoms with Gasteiger partial charge in [0.2, 0.25) is 0 Å². The third-order valence-electron chi connectivity index (χ3n) is 6.82. The van der Waals surface area contributed by atoms with Crippen molar-refractivity contribution >= 4 is 12.0 Å². The van der Waals surface area contributed by atoms with E-state index in [1.165, 1.54) is 0 Å². The number of nitrogens with two attached hydrogens (primary N) is 2. The van der Waals surface area contributed by atoms with Crippen LogP contribution < -0.4 is 16.8 Å². The van der Waals surface area contributed by atoms with E-state index >= 15 is 0 Å². The molecule has 0 aromatic heterocycles. The summed E-state index contributed by atoms with van der Waals surface area (Å²) in [6.07, 6.45) is -2.20. The average Bonchev–Trinajstić information content (AvgIpc) is 2.83. The molecule has 2 fully saturated rings. The van der Waals surface area contributed by atoms with Gasteiger partial charge in [0.1, 0.15) is 6.10 Å². The summed E-state index contributed by atoms with van der Waals surface area (Å²) in [7, 11) is 0. The number of primary amides is 1. The molecule has 0 aromatic rings. The van der Waals surface area contributed by atoms with E-state index in [2.05, 4.69) is 11.1 Å². The lowest BCUT2D eigenvalue weighted by Crippen LogP contribution is -2.61. The smallest absolute Gasteiger partial charge is 0.312 e. The number of urea groups is 1. The second kappa shape index (κ2) is 17.3. The van der Waals surface area contributed by atoms with Gasteiger partial charge in [-0.2, -0.15) is 0 Å². The van der Waals surface area contributed by atoms with Crippen molar-refractivity contribution in [2.45, 2.75) is 128 Å². The van der Waals surface area contributed by atoms with Gasteiger partial charge in [-0.15, -0.1) is 0 Å². The third kappa shape index (κ3) is 13.8. The molecule has 2 heterocycles. The van der Waals surface area contributed by atoms with Crippen molar-refractivity contribution in [3.05, 3.63) is 12.2 Å². The number of carboxylic acid groups (broad SMARTS) is 1. The largest absolute Gasteiger partial charge is 0.481 e. The normalized spacial score (nSPS) is 33.7. The van der Waals surface area contributed by atoms with Crippen molar-refractivity contribution in [2.24, 2.45) is 23.3 Å². The van der Waals surface area contributed by atoms with E-state index in [9.17, 15) is 35.1 Å². The summed E-state index contributed by atoms with van der Waals surface area (Å²) in [5.74, 6) is -2.40. The summed E-state index contributed by atoms with van der Waals surface area (Å²) in [5.41, 5.74) is 10.6. The first-order valence-corrected chi connectivity index (χ1v) is 14.1. The molecule has 0 bridgehead atoms. The summed E-state index contributed by atoms with van der Waals surface area (Å²) in [4.78, 5) is 19.7. The highest BCUT2D eigenvalue weighted by Crippen LogP contribution is 2.34. The zero-order chi connectivity index (χ0) is 31.5. The van der Waals surface area contributed by atoms with Crippen LogP contribution in [0.5, 0.6) is 0 Å². The number of aliphatic hydroxyl groups excluding tert-OH is 4. The van der Waals surface area contributed by atoms with Crippen LogP contribution in [0.2, 0.25) is 0 Å². The molecular weight excluding hydrogens is 542 g/mol. The minimum absolute atomic E-state index is 0.000288. The molecule has 41 heavy (non-hydrogen) atoms. The Morgan fingerprint density at radius 1 is 1.15 bits per heavy atom. The van der Waals surface area contributed by atoms with Crippen molar-refractivity contribution < 1.29 is 54.4 Å². The standard InChI is InChI=1S/C23H43NO8.C4H8N2O3/c1-12(2)6-7-16(31-22-21(28)19(24)20(27)14(5)30-22)9-17-8-15(25)10-23(29,32-17)11-18(26)13(3)4;5-4(9)6-2-1-3(7)8/h6-7,12-22,25-29H,8-11,24H2,1-5H3;1-2H2,(H,7,8)(H3,5,6,9)/b7-6+;/t14?,15?,16-,17?,18+,19?,20?,21?,22?,23-;/m0./s1. The molecule has 2 amide bonds. The fraction of sp³-hybridized carbons (Fsp3) is 0.852. The fourth-order valence-corrected chi connectivity index (χ4v) is 4.43. The molecule has 2 aliphatic rings. The van der Waals surface area contributed by atoms with Gasteiger partial charge in [0.25, 0.3) is 0 Å². The van der Waals surface area contributed by atoms with Gasteiger partial charge in [-0.3, -0.25) is 4.79 Å². The van der Waals surface area contributed by atoms with E-state index in [1.807, 2.05) is 39.8 Å². The number of hydrogen-bond donors (Lipinski definition) is 9. The maximum atomic E-state index is 10.9. The Bertz CT molecular complexity index is 816. The molecule has 0 aromatic carbocycles. The molecule has 2 rings (SSSR count). The number of nitrogens with one attached hydrogen (secondary N) is 1. The van der Waals surface area contributed by atoms with Crippen LogP contribution in [0, 0.1) is 11.8 Å². The molecule has 240 valence electrons. The monoisotopic (exact) mass is 593 g/mol. The van der Waals surface area contributed by atoms with E-state index in [0.29, 0.717) is 12.8 Å². The molecular formula is C27H51N3O11. The zero-order valence-electron chi connectivity index (χ0n) is 24.6. The van der Waals surface area contributed by atoms with Gasteiger partial charge in [-0.05, 0) is 25.2 Å². The van der Waals surface area contributed by atoms with Gasteiger partial charge < -0.3 is 61.6 Å². The summed E-state index contributed by atoms with van der Waals surface area (Å²) in [6.45, 7) is 9.48. The predicted molar refractivity (Wildman–Crippen MR) is 148 cm³/mol. The highest BCUT2D eigenvalue weighted by atomic mass is 16.7. The van der Waals surface area contributed by atoms with Gasteiger partial charge in [-0.25, -0.2) is 4.79 Å². The Balaban J connectivity index is 0.000000803. The van der Waals surface area contributed by atoms with Crippen LogP contribution in [-0.2, 0) is 19.0 Å². The maximum absolute atomic E-state index is 10.9. The Labute approximate surface area is 241 Å². The lowest BCUT2D eigenvalue weighted by atomic mass is 9.89. The number of hydrogen-bond acceptors (Lipinski definition) is 11. The van der Waals surface area contributed by atoms with Crippen LogP contribution >= 0.6 is 0 Å². The van der Waals surface area contributed by atoms with Crippen molar-refractivity contribution in [3.63, 3.8) is 0 Å². The summed E-state index contributed by atoms with van der Waals surface area (Å²) < 4.78 is 17.6. The molecule has 7 unspecified atom stereocenters. The summed E-state index contributed by atoms with van der Waals surface area (Å²) in [5, 5.41) is 62.1. The molecule has 0 spiro atoms. The molecule has 0 radical (unpaired) electrons. The van der Waals surface area contributed by atoms with Gasteiger partial charge >= 0.3 is 12.0 Å². The Kier molecular flexibility index (Phi) is 15.7. The summed E-state index contributed by atoms with van der Waals surface area (Å²) >= 11 is 0. The van der Waals surface area contributed by atoms with Gasteiger partial charge in [0.05, 0.1) is 49.1 Å². The third-order valence-corrected chi connectivity index (χ3v) is 6.82. The van der Waals surface area contributed by atoms with Crippen LogP contribution in [0.25, 0.3) is 0 Å². The second-order valence-corrected chi connectivity index (χ2v) is 11.5. The zero-order valence-corrected chi connectivity index (χ0v) is 24.6. The summed E-state index contributed by atoms with van der Waals surface area (Å²) in [6, 6.07) is -1.61. The van der Waals surface area contributed by atoms with Crippen LogP contribution in [0.4, 0.5) is 4.79 Å². The minimum Gasteiger partial charge on any atom is -0.481 e. The number of carboxylic acids is 1. The van der Waals surface area contributed by atoms with Crippen molar-refractivity contribution in [2.75, 3.05) is 6.54 Å². The number of allylic oxidation sites excluding steroid dienone is 1. The predicted octanol–water partition coefficient (Wildman–Crippen LogP) is -0.467. The van der Waals surface area contributed by atoms with E-state index in [4.69, 9.17) is 25.1 Å². The van der Waals surface area contributed by atoms with Gasteiger partial charge in [0.15, 0.2) is 12.1 Å². The van der Waals surface area contributed by atoms with E-state index in [0.717, 1.165) is 0 Å². The molecule has 0 saturated carbocycles. The lowest BCUT2D eigenvalue weighted by molar-refractivity contribution is -0.298. The first-order valence-electron chi connectivity index (χ1n) is 14.1. The number of aliphatic hydroxyl groups is 5. The van der Waals surface area contributed by atoms with Crippen molar-refractivity contribution in [1.29, 1.82) is 0 Å². The number of carbonyl (C=O) groups is 2. The molecule has 14 nitrogen and oxygen atoms in total. The Morgan fingerprint density at radius 3 is 2.32 bits per heavy atom. The second-order valence-electron chi connectivity index (χ2n) is 11.5. The topological polar surface area (TPSA) is 247 Å². The van der Waals surface area contributed by atoms with Gasteiger partial charge in [-0.1, -0.05) is 39.8 Å². The quantitative estimate of drug-likeness (QED) is 0.130. The Morgan fingerprint density at radius 2 is 1.78 bits per heavy atom. The molecule has 2 saturated heterocycles. The molecule has 0 aliphatic carbocycles. The number of amides is 2. The van der Waals surface area contributed by atoms with E-state index in [1.54, 1.807) is 6.92 Å². The number of ether oxygens (including phenoxy) is 3. The number of carbonyl (C=O) groups excluding carboxylic acids is 1. The van der Waals surface area contributed by atoms with E-state index in [-0.39, 0.29) is 37.6 Å². The molecule has 11 N–H and O–H groups in total. The lowest BCUT2D eigenvalue weighted by Gasteiger charge is -2.43. The number of rotatable bonds is 12. The average molecular weight is 594 g/mol. The fourth-order valence-electron chi connectivity index (χ4n) is 4.43. The van der Waals surface area contributed by atoms with Gasteiger partial charge in [0, 0.05) is 25.8 Å². The van der Waals surface area contributed by atoms with Crippen LogP contribution in [0.15, 0.2) is 12.2 Å². The first-order chi connectivity index (χ1) is 18.9. The Hall–Kier alpha value is -1.88. The first kappa shape index (κ1) is 37.1. The highest BCUT2D eigenvalue weighted by Gasteiger charge is 2.44. The minimum atomic E-state index is -1.64. The molecule has 2 aliphatic heterocycles. The van der Waals surface area contributed by atoms with Crippen LogP contribution in [-0.4, -0.2) is 110 Å². The van der Waals surface area contributed by atoms with Crippen LogP contribution in [0.3, 0.4) is 0 Å². The molecule has 10 atom stereocenters. The molecule has 14 heteroatoms.